The largest absolute Gasteiger partial charge is 0.444 e. The van der Waals surface area contributed by atoms with Crippen LogP contribution >= 0.6 is 11.8 Å². The van der Waals surface area contributed by atoms with Crippen molar-refractivity contribution in [3.8, 4) is 5.75 Å². The number of benzene rings is 2. The molecule has 0 aliphatic carbocycles. The van der Waals surface area contributed by atoms with Crippen LogP contribution in [0.25, 0.3) is 0 Å². The van der Waals surface area contributed by atoms with E-state index in [-0.39, 0.29) is 24.0 Å². The summed E-state index contributed by atoms with van der Waals surface area (Å²) >= 11 is 1.38. The first-order valence-electron chi connectivity index (χ1n) is 13.5. The van der Waals surface area contributed by atoms with Gasteiger partial charge in [0.25, 0.3) is 11.8 Å². The fourth-order valence-electron chi connectivity index (χ4n) is 4.51. The SMILES string of the molecule is CC(C)(C)OC(=O)N[C@H]1CSc2ccc(C(=O)NCC3CCOCC3)cc2N(Cc2ccc(OC(F)F)cc2)C1=O. The molecule has 2 aliphatic heterocycles. The molecular formula is C29H35F2N3O6S. The molecule has 3 amide bonds. The Kier molecular flexibility index (Phi) is 10.1. The van der Waals surface area contributed by atoms with Crippen LogP contribution in [0.15, 0.2) is 47.4 Å². The molecule has 1 saturated heterocycles. The Labute approximate surface area is 242 Å². The molecule has 2 aromatic carbocycles. The Morgan fingerprint density at radius 1 is 1.12 bits per heavy atom. The van der Waals surface area contributed by atoms with Gasteiger partial charge < -0.3 is 29.7 Å². The lowest BCUT2D eigenvalue weighted by molar-refractivity contribution is -0.120. The summed E-state index contributed by atoms with van der Waals surface area (Å²) in [7, 11) is 0. The summed E-state index contributed by atoms with van der Waals surface area (Å²) in [5.41, 5.74) is 0.805. The average molecular weight is 592 g/mol. The fraction of sp³-hybridized carbons (Fsp3) is 0.483. The molecule has 12 heteroatoms. The van der Waals surface area contributed by atoms with Gasteiger partial charge in [0.05, 0.1) is 12.2 Å². The lowest BCUT2D eigenvalue weighted by atomic mass is 10.0. The quantitative estimate of drug-likeness (QED) is 0.446. The number of nitrogens with zero attached hydrogens (tertiary/aromatic N) is 1. The molecule has 2 aliphatic rings. The molecule has 0 aromatic heterocycles. The van der Waals surface area contributed by atoms with Crippen LogP contribution in [-0.2, 0) is 20.8 Å². The maximum atomic E-state index is 13.8. The molecule has 0 bridgehead atoms. The summed E-state index contributed by atoms with van der Waals surface area (Å²) in [5, 5.41) is 5.67. The Balaban J connectivity index is 1.58. The van der Waals surface area contributed by atoms with Crippen molar-refractivity contribution in [2.24, 2.45) is 5.92 Å². The average Bonchev–Trinajstić information content (AvgIpc) is 3.04. The predicted octanol–water partition coefficient (Wildman–Crippen LogP) is 4.98. The van der Waals surface area contributed by atoms with Gasteiger partial charge >= 0.3 is 12.7 Å². The zero-order chi connectivity index (χ0) is 29.6. The number of ether oxygens (including phenoxy) is 3. The van der Waals surface area contributed by atoms with Gasteiger partial charge in [0.2, 0.25) is 0 Å². The lowest BCUT2D eigenvalue weighted by Gasteiger charge is -2.27. The van der Waals surface area contributed by atoms with Crippen LogP contribution in [0.1, 0.15) is 49.5 Å². The molecule has 2 heterocycles. The van der Waals surface area contributed by atoms with Gasteiger partial charge in [-0.3, -0.25) is 9.59 Å². The minimum absolute atomic E-state index is 0.00477. The number of fused-ring (bicyclic) bond motifs is 1. The molecule has 2 N–H and O–H groups in total. The van der Waals surface area contributed by atoms with E-state index in [1.54, 1.807) is 51.1 Å². The van der Waals surface area contributed by atoms with Gasteiger partial charge in [-0.1, -0.05) is 12.1 Å². The predicted molar refractivity (Wildman–Crippen MR) is 150 cm³/mol. The van der Waals surface area contributed by atoms with E-state index in [0.717, 1.165) is 17.7 Å². The van der Waals surface area contributed by atoms with Gasteiger partial charge in [0, 0.05) is 36.0 Å². The van der Waals surface area contributed by atoms with Crippen LogP contribution in [0.5, 0.6) is 5.75 Å². The third kappa shape index (κ3) is 8.80. The molecule has 9 nitrogen and oxygen atoms in total. The standard InChI is InChI=1S/C29H35F2N3O6S/c1-29(2,3)40-28(37)33-22-17-41-24-9-6-20(25(35)32-15-18-10-12-38-13-11-18)14-23(24)34(26(22)36)16-19-4-7-21(8-5-19)39-27(30)31/h4-9,14,18,22,27H,10-13,15-17H2,1-3H3,(H,32,35)(H,33,37)/t22-/m0/s1. The number of nitrogens with one attached hydrogen (secondary N) is 2. The second-order valence-corrected chi connectivity index (χ2v) is 12.0. The van der Waals surface area contributed by atoms with Crippen molar-refractivity contribution in [2.75, 3.05) is 30.4 Å². The van der Waals surface area contributed by atoms with Gasteiger partial charge in [-0.15, -0.1) is 11.8 Å². The minimum atomic E-state index is -2.95. The topological polar surface area (TPSA) is 106 Å². The first kappa shape index (κ1) is 30.6. The second kappa shape index (κ2) is 13.5. The number of anilines is 1. The fourth-order valence-corrected chi connectivity index (χ4v) is 5.56. The zero-order valence-corrected chi connectivity index (χ0v) is 24.1. The van der Waals surface area contributed by atoms with Crippen molar-refractivity contribution in [1.82, 2.24) is 10.6 Å². The molecular weight excluding hydrogens is 556 g/mol. The summed E-state index contributed by atoms with van der Waals surface area (Å²) < 4.78 is 40.4. The monoisotopic (exact) mass is 591 g/mol. The summed E-state index contributed by atoms with van der Waals surface area (Å²) in [6.07, 6.45) is 1.05. The van der Waals surface area contributed by atoms with E-state index in [9.17, 15) is 23.2 Å². The summed E-state index contributed by atoms with van der Waals surface area (Å²) in [6.45, 7) is 4.21. The van der Waals surface area contributed by atoms with E-state index in [1.165, 1.54) is 28.8 Å². The number of amides is 3. The van der Waals surface area contributed by atoms with E-state index < -0.39 is 30.3 Å². The number of rotatable bonds is 8. The highest BCUT2D eigenvalue weighted by atomic mass is 32.2. The van der Waals surface area contributed by atoms with Crippen molar-refractivity contribution >= 4 is 35.4 Å². The number of carbonyl (C=O) groups excluding carboxylic acids is 3. The Morgan fingerprint density at radius 3 is 2.49 bits per heavy atom. The third-order valence-corrected chi connectivity index (χ3v) is 7.71. The maximum Gasteiger partial charge on any atom is 0.408 e. The smallest absolute Gasteiger partial charge is 0.408 e. The van der Waals surface area contributed by atoms with Crippen LogP contribution < -0.4 is 20.3 Å². The van der Waals surface area contributed by atoms with Gasteiger partial charge in [0.15, 0.2) is 0 Å². The van der Waals surface area contributed by atoms with Crippen molar-refractivity contribution in [2.45, 2.75) is 63.3 Å². The molecule has 0 radical (unpaired) electrons. The van der Waals surface area contributed by atoms with E-state index in [4.69, 9.17) is 9.47 Å². The number of alkyl halides is 2. The van der Waals surface area contributed by atoms with Crippen molar-refractivity contribution in [3.63, 3.8) is 0 Å². The molecule has 2 aromatic rings. The number of alkyl carbamates (subject to hydrolysis) is 1. The van der Waals surface area contributed by atoms with Crippen molar-refractivity contribution < 1.29 is 37.4 Å². The van der Waals surface area contributed by atoms with Crippen LogP contribution in [0.3, 0.4) is 0 Å². The number of hydrogen-bond donors (Lipinski definition) is 2. The minimum Gasteiger partial charge on any atom is -0.444 e. The van der Waals surface area contributed by atoms with Crippen LogP contribution in [0.2, 0.25) is 0 Å². The molecule has 0 spiro atoms. The third-order valence-electron chi connectivity index (χ3n) is 6.55. The molecule has 4 rings (SSSR count). The molecule has 1 fully saturated rings. The van der Waals surface area contributed by atoms with E-state index in [1.807, 2.05) is 0 Å². The van der Waals surface area contributed by atoms with E-state index >= 15 is 0 Å². The number of halogens is 2. The molecule has 0 saturated carbocycles. The number of hydrogen-bond acceptors (Lipinski definition) is 7. The molecule has 0 unspecified atom stereocenters. The van der Waals surface area contributed by atoms with Crippen LogP contribution in [0, 0.1) is 5.92 Å². The molecule has 1 atom stereocenters. The summed E-state index contributed by atoms with van der Waals surface area (Å²) in [6, 6.07) is 10.2. The van der Waals surface area contributed by atoms with Crippen LogP contribution in [0.4, 0.5) is 19.3 Å². The number of thioether (sulfide) groups is 1. The first-order valence-corrected chi connectivity index (χ1v) is 14.4. The van der Waals surface area contributed by atoms with Crippen molar-refractivity contribution in [3.05, 3.63) is 53.6 Å². The van der Waals surface area contributed by atoms with Gasteiger partial charge in [-0.2, -0.15) is 8.78 Å². The normalized spacial score (nSPS) is 18.0. The van der Waals surface area contributed by atoms with Crippen molar-refractivity contribution in [1.29, 1.82) is 0 Å². The van der Waals surface area contributed by atoms with Gasteiger partial charge in [-0.05, 0) is 75.4 Å². The summed E-state index contributed by atoms with van der Waals surface area (Å²) in [5.74, 6) is -0.0562. The molecule has 222 valence electrons. The highest BCUT2D eigenvalue weighted by Gasteiger charge is 2.34. The van der Waals surface area contributed by atoms with E-state index in [0.29, 0.717) is 42.5 Å². The highest BCUT2D eigenvalue weighted by molar-refractivity contribution is 7.99. The first-order chi connectivity index (χ1) is 19.5. The van der Waals surface area contributed by atoms with Gasteiger partial charge in [0.1, 0.15) is 17.4 Å². The van der Waals surface area contributed by atoms with Crippen LogP contribution in [-0.4, -0.2) is 61.7 Å². The van der Waals surface area contributed by atoms with E-state index in [2.05, 4.69) is 15.4 Å². The lowest BCUT2D eigenvalue weighted by Crippen LogP contribution is -2.50. The summed E-state index contributed by atoms with van der Waals surface area (Å²) in [4.78, 5) is 41.7. The number of carbonyl (C=O) groups is 3. The Bertz CT molecular complexity index is 1230. The molecule has 41 heavy (non-hydrogen) atoms. The maximum absolute atomic E-state index is 13.8. The van der Waals surface area contributed by atoms with Gasteiger partial charge in [-0.25, -0.2) is 4.79 Å². The Hall–Kier alpha value is -3.38. The zero-order valence-electron chi connectivity index (χ0n) is 23.3. The highest BCUT2D eigenvalue weighted by Crippen LogP contribution is 2.36. The Morgan fingerprint density at radius 2 is 1.83 bits per heavy atom. The second-order valence-electron chi connectivity index (χ2n) is 10.9.